The Labute approximate surface area is 136 Å². The largest absolute Gasteiger partial charge is 0.380 e. The van der Waals surface area contributed by atoms with Crippen molar-refractivity contribution in [2.45, 2.75) is 32.2 Å². The van der Waals surface area contributed by atoms with Crippen molar-refractivity contribution in [1.82, 2.24) is 9.29 Å². The molecule has 0 spiro atoms. The van der Waals surface area contributed by atoms with E-state index in [9.17, 15) is 8.42 Å². The first-order valence-electron chi connectivity index (χ1n) is 6.90. The number of hydrogen-bond acceptors (Lipinski definition) is 5. The first kappa shape index (κ1) is 16.9. The zero-order chi connectivity index (χ0) is 16.5. The van der Waals surface area contributed by atoms with Crippen molar-refractivity contribution >= 4 is 27.0 Å². The number of nitrogens with zero attached hydrogens (tertiary/aromatic N) is 2. The maximum atomic E-state index is 12.3. The summed E-state index contributed by atoms with van der Waals surface area (Å²) >= 11 is 1.63. The fourth-order valence-corrected chi connectivity index (χ4v) is 3.79. The summed E-state index contributed by atoms with van der Waals surface area (Å²) in [6.07, 6.45) is 1.84. The van der Waals surface area contributed by atoms with Crippen LogP contribution in [0.3, 0.4) is 0 Å². The third-order valence-electron chi connectivity index (χ3n) is 3.54. The van der Waals surface area contributed by atoms with Gasteiger partial charge in [-0.25, -0.2) is 17.7 Å². The number of aryl methyl sites for hydroxylation is 2. The molecule has 0 unspecified atom stereocenters. The lowest BCUT2D eigenvalue weighted by atomic mass is 10.1. The molecule has 2 aromatic rings. The standard InChI is InChI=1S/C15H21N3O2S2/c1-10-6-14(22(19,20)18(4)5)7-15(11(10)2)17-9-13-8-16-12(3)21-13/h6-8,17H,9H2,1-5H3. The van der Waals surface area contributed by atoms with Crippen LogP contribution >= 0.6 is 11.3 Å². The fourth-order valence-electron chi connectivity index (χ4n) is 2.04. The number of thiazole rings is 1. The summed E-state index contributed by atoms with van der Waals surface area (Å²) in [6, 6.07) is 3.41. The number of nitrogens with one attached hydrogen (secondary N) is 1. The van der Waals surface area contributed by atoms with E-state index in [1.54, 1.807) is 23.5 Å². The lowest BCUT2D eigenvalue weighted by molar-refractivity contribution is 0.520. The maximum absolute atomic E-state index is 12.3. The van der Waals surface area contributed by atoms with Crippen LogP contribution in [-0.4, -0.2) is 31.8 Å². The van der Waals surface area contributed by atoms with Gasteiger partial charge < -0.3 is 5.32 Å². The molecule has 120 valence electrons. The Morgan fingerprint density at radius 1 is 1.23 bits per heavy atom. The predicted octanol–water partition coefficient (Wildman–Crippen LogP) is 2.93. The Hall–Kier alpha value is -1.44. The van der Waals surface area contributed by atoms with E-state index in [0.717, 1.165) is 26.7 Å². The van der Waals surface area contributed by atoms with Gasteiger partial charge in [0.25, 0.3) is 0 Å². The van der Waals surface area contributed by atoms with Gasteiger partial charge in [-0.2, -0.15) is 0 Å². The van der Waals surface area contributed by atoms with Gasteiger partial charge in [-0.05, 0) is 44.0 Å². The average Bonchev–Trinajstić information content (AvgIpc) is 2.85. The van der Waals surface area contributed by atoms with Gasteiger partial charge in [0.15, 0.2) is 0 Å². The molecule has 0 bridgehead atoms. The molecule has 7 heteroatoms. The molecular weight excluding hydrogens is 318 g/mol. The van der Waals surface area contributed by atoms with E-state index in [2.05, 4.69) is 10.3 Å². The molecule has 0 aliphatic heterocycles. The van der Waals surface area contributed by atoms with Crippen LogP contribution in [0.5, 0.6) is 0 Å². The summed E-state index contributed by atoms with van der Waals surface area (Å²) in [5, 5.41) is 4.34. The molecule has 2 rings (SSSR count). The first-order chi connectivity index (χ1) is 10.2. The molecule has 1 N–H and O–H groups in total. The number of anilines is 1. The van der Waals surface area contributed by atoms with Crippen molar-refractivity contribution in [1.29, 1.82) is 0 Å². The molecule has 0 fully saturated rings. The molecule has 0 radical (unpaired) electrons. The normalized spacial score (nSPS) is 11.9. The van der Waals surface area contributed by atoms with Gasteiger partial charge in [-0.1, -0.05) is 0 Å². The Morgan fingerprint density at radius 2 is 1.91 bits per heavy atom. The smallest absolute Gasteiger partial charge is 0.242 e. The highest BCUT2D eigenvalue weighted by Crippen LogP contribution is 2.26. The Morgan fingerprint density at radius 3 is 2.45 bits per heavy atom. The van der Waals surface area contributed by atoms with Crippen LogP contribution in [0.4, 0.5) is 5.69 Å². The summed E-state index contributed by atoms with van der Waals surface area (Å²) in [5.41, 5.74) is 2.84. The highest BCUT2D eigenvalue weighted by molar-refractivity contribution is 7.89. The van der Waals surface area contributed by atoms with Crippen molar-refractivity contribution in [3.8, 4) is 0 Å². The van der Waals surface area contributed by atoms with Crippen LogP contribution < -0.4 is 5.32 Å². The average molecular weight is 339 g/mol. The molecular formula is C15H21N3O2S2. The van der Waals surface area contributed by atoms with Crippen LogP contribution in [0.1, 0.15) is 21.0 Å². The monoisotopic (exact) mass is 339 g/mol. The van der Waals surface area contributed by atoms with Crippen LogP contribution in [0.25, 0.3) is 0 Å². The minimum Gasteiger partial charge on any atom is -0.380 e. The minimum atomic E-state index is -3.43. The van der Waals surface area contributed by atoms with Gasteiger partial charge in [0.1, 0.15) is 0 Å². The van der Waals surface area contributed by atoms with Crippen molar-refractivity contribution in [3.05, 3.63) is 39.3 Å². The molecule has 1 aromatic carbocycles. The molecule has 5 nitrogen and oxygen atoms in total. The Bertz CT molecular complexity index is 780. The highest BCUT2D eigenvalue weighted by Gasteiger charge is 2.19. The van der Waals surface area contributed by atoms with Crippen LogP contribution in [0.15, 0.2) is 23.2 Å². The third kappa shape index (κ3) is 3.48. The van der Waals surface area contributed by atoms with Crippen molar-refractivity contribution < 1.29 is 8.42 Å². The summed E-state index contributed by atoms with van der Waals surface area (Å²) in [6.45, 7) is 6.51. The molecule has 0 aliphatic carbocycles. The molecule has 0 atom stereocenters. The molecule has 0 saturated heterocycles. The first-order valence-corrected chi connectivity index (χ1v) is 9.16. The zero-order valence-electron chi connectivity index (χ0n) is 13.5. The Kier molecular flexibility index (Phi) is 4.89. The van der Waals surface area contributed by atoms with Gasteiger partial charge in [0.05, 0.1) is 16.4 Å². The van der Waals surface area contributed by atoms with Crippen LogP contribution in [0, 0.1) is 20.8 Å². The fraction of sp³-hybridized carbons (Fsp3) is 0.400. The number of benzene rings is 1. The number of rotatable bonds is 5. The minimum absolute atomic E-state index is 0.309. The van der Waals surface area contributed by atoms with Crippen molar-refractivity contribution in [2.75, 3.05) is 19.4 Å². The quantitative estimate of drug-likeness (QED) is 0.910. The van der Waals surface area contributed by atoms with Gasteiger partial charge in [-0.15, -0.1) is 11.3 Å². The van der Waals surface area contributed by atoms with Gasteiger partial charge in [0.2, 0.25) is 10.0 Å². The third-order valence-corrected chi connectivity index (χ3v) is 6.25. The lowest BCUT2D eigenvalue weighted by Crippen LogP contribution is -2.22. The second kappa shape index (κ2) is 6.36. The highest BCUT2D eigenvalue weighted by atomic mass is 32.2. The van der Waals surface area contributed by atoms with E-state index in [-0.39, 0.29) is 0 Å². The second-order valence-corrected chi connectivity index (χ2v) is 8.87. The summed E-state index contributed by atoms with van der Waals surface area (Å²) < 4.78 is 25.9. The molecule has 0 aliphatic rings. The van der Waals surface area contributed by atoms with E-state index in [1.165, 1.54) is 18.4 Å². The van der Waals surface area contributed by atoms with E-state index in [1.807, 2.05) is 27.0 Å². The number of hydrogen-bond donors (Lipinski definition) is 1. The van der Waals surface area contributed by atoms with Crippen molar-refractivity contribution in [2.24, 2.45) is 0 Å². The predicted molar refractivity (Wildman–Crippen MR) is 91.0 cm³/mol. The summed E-state index contributed by atoms with van der Waals surface area (Å²) in [4.78, 5) is 5.65. The molecule has 22 heavy (non-hydrogen) atoms. The zero-order valence-corrected chi connectivity index (χ0v) is 15.1. The SMILES string of the molecule is Cc1ncc(CNc2cc(S(=O)(=O)N(C)C)cc(C)c2C)s1. The topological polar surface area (TPSA) is 62.3 Å². The second-order valence-electron chi connectivity index (χ2n) is 5.40. The van der Waals surface area contributed by atoms with Crippen molar-refractivity contribution in [3.63, 3.8) is 0 Å². The van der Waals surface area contributed by atoms with Gasteiger partial charge in [-0.3, -0.25) is 0 Å². The van der Waals surface area contributed by atoms with E-state index < -0.39 is 10.0 Å². The van der Waals surface area contributed by atoms with Crippen LogP contribution in [-0.2, 0) is 16.6 Å². The lowest BCUT2D eigenvalue weighted by Gasteiger charge is -2.16. The van der Waals surface area contributed by atoms with Gasteiger partial charge >= 0.3 is 0 Å². The molecule has 1 heterocycles. The van der Waals surface area contributed by atoms with Crippen LogP contribution in [0.2, 0.25) is 0 Å². The summed E-state index contributed by atoms with van der Waals surface area (Å²) in [5.74, 6) is 0. The molecule has 1 aromatic heterocycles. The van der Waals surface area contributed by atoms with E-state index in [4.69, 9.17) is 0 Å². The molecule has 0 saturated carbocycles. The molecule has 0 amide bonds. The Balaban J connectivity index is 2.33. The summed E-state index contributed by atoms with van der Waals surface area (Å²) in [7, 11) is -0.355. The van der Waals surface area contributed by atoms with E-state index >= 15 is 0 Å². The van der Waals surface area contributed by atoms with E-state index in [0.29, 0.717) is 11.4 Å². The number of aromatic nitrogens is 1. The number of sulfonamides is 1. The maximum Gasteiger partial charge on any atom is 0.242 e. The van der Waals surface area contributed by atoms with Gasteiger partial charge in [0, 0.05) is 30.9 Å².